The average molecular weight is 424 g/mol. The second-order valence-electron chi connectivity index (χ2n) is 6.94. The van der Waals surface area contributed by atoms with E-state index in [2.05, 4.69) is 9.97 Å². The number of nitrogens with zero attached hydrogens (tertiary/aromatic N) is 2. The van der Waals surface area contributed by atoms with Crippen LogP contribution in [0.1, 0.15) is 20.7 Å². The Balaban J connectivity index is 1.45. The molecular weight excluding hydrogens is 408 g/mol. The van der Waals surface area contributed by atoms with Gasteiger partial charge in [0.1, 0.15) is 11.4 Å². The Hall–Kier alpha value is -4.52. The van der Waals surface area contributed by atoms with Crippen LogP contribution < -0.4 is 0 Å². The largest absolute Gasteiger partial charge is 0.463 e. The first-order chi connectivity index (χ1) is 15.7. The molecule has 2 aromatic carbocycles. The van der Waals surface area contributed by atoms with Gasteiger partial charge in [-0.25, -0.2) is 14.8 Å². The first kappa shape index (κ1) is 19.4. The molecule has 0 unspecified atom stereocenters. The van der Waals surface area contributed by atoms with Gasteiger partial charge in [0.25, 0.3) is 0 Å². The molecule has 5 rings (SSSR count). The lowest BCUT2D eigenvalue weighted by atomic mass is 10.1. The van der Waals surface area contributed by atoms with Gasteiger partial charge in [-0.1, -0.05) is 30.3 Å². The summed E-state index contributed by atoms with van der Waals surface area (Å²) >= 11 is 0. The molecule has 7 nitrogen and oxygen atoms in total. The van der Waals surface area contributed by atoms with Gasteiger partial charge in [0.15, 0.2) is 23.9 Å². The Kier molecular flexibility index (Phi) is 5.05. The smallest absolute Gasteiger partial charge is 0.338 e. The van der Waals surface area contributed by atoms with Crippen LogP contribution in [0.2, 0.25) is 0 Å². The number of rotatable bonds is 6. The highest BCUT2D eigenvalue weighted by Crippen LogP contribution is 2.31. The quantitative estimate of drug-likeness (QED) is 0.273. The molecule has 0 bridgehead atoms. The van der Waals surface area contributed by atoms with Gasteiger partial charge in [-0.3, -0.25) is 4.79 Å². The number of ether oxygens (including phenoxy) is 1. The number of esters is 1. The van der Waals surface area contributed by atoms with Crippen LogP contribution in [-0.2, 0) is 4.74 Å². The van der Waals surface area contributed by atoms with Gasteiger partial charge in [0.05, 0.1) is 29.1 Å². The van der Waals surface area contributed by atoms with Crippen molar-refractivity contribution >= 4 is 22.8 Å². The first-order valence-electron chi connectivity index (χ1n) is 9.84. The number of benzene rings is 2. The lowest BCUT2D eigenvalue weighted by molar-refractivity contribution is 0.0475. The van der Waals surface area contributed by atoms with Crippen LogP contribution >= 0.6 is 0 Å². The molecule has 0 atom stereocenters. The van der Waals surface area contributed by atoms with E-state index in [9.17, 15) is 9.59 Å². The molecule has 0 fully saturated rings. The first-order valence-corrected chi connectivity index (χ1v) is 9.84. The fourth-order valence-corrected chi connectivity index (χ4v) is 3.27. The molecule has 0 spiro atoms. The third-order valence-corrected chi connectivity index (χ3v) is 4.84. The van der Waals surface area contributed by atoms with E-state index in [0.717, 1.165) is 0 Å². The summed E-state index contributed by atoms with van der Waals surface area (Å²) in [5.74, 6) is 0.177. The summed E-state index contributed by atoms with van der Waals surface area (Å²) in [6, 6.07) is 20.6. The van der Waals surface area contributed by atoms with E-state index in [4.69, 9.17) is 13.6 Å². The van der Waals surface area contributed by atoms with Crippen molar-refractivity contribution in [1.29, 1.82) is 0 Å². The summed E-state index contributed by atoms with van der Waals surface area (Å²) in [5, 5.41) is 0. The summed E-state index contributed by atoms with van der Waals surface area (Å²) in [7, 11) is 0. The Bertz CT molecular complexity index is 1390. The van der Waals surface area contributed by atoms with Crippen molar-refractivity contribution in [3.63, 3.8) is 0 Å². The number of carbonyl (C=O) groups excluding carboxylic acids is 2. The predicted octanol–water partition coefficient (Wildman–Crippen LogP) is 5.19. The number of ketones is 1. The van der Waals surface area contributed by atoms with E-state index in [1.807, 2.05) is 6.07 Å². The summed E-state index contributed by atoms with van der Waals surface area (Å²) in [4.78, 5) is 34.1. The van der Waals surface area contributed by atoms with E-state index >= 15 is 0 Å². The van der Waals surface area contributed by atoms with Gasteiger partial charge in [0, 0.05) is 5.56 Å². The van der Waals surface area contributed by atoms with Crippen molar-refractivity contribution in [2.75, 3.05) is 6.61 Å². The van der Waals surface area contributed by atoms with Crippen LogP contribution in [0, 0.1) is 0 Å². The van der Waals surface area contributed by atoms with Crippen molar-refractivity contribution in [3.8, 4) is 22.9 Å². The zero-order valence-corrected chi connectivity index (χ0v) is 16.7. The van der Waals surface area contributed by atoms with Crippen molar-refractivity contribution in [1.82, 2.24) is 9.97 Å². The van der Waals surface area contributed by atoms with Gasteiger partial charge < -0.3 is 13.6 Å². The molecule has 0 aliphatic heterocycles. The number of aromatic nitrogens is 2. The van der Waals surface area contributed by atoms with E-state index in [1.165, 1.54) is 0 Å². The van der Waals surface area contributed by atoms with E-state index in [0.29, 0.717) is 39.5 Å². The van der Waals surface area contributed by atoms with Crippen molar-refractivity contribution in [3.05, 3.63) is 96.4 Å². The van der Waals surface area contributed by atoms with Crippen LogP contribution in [0.4, 0.5) is 0 Å². The number of carbonyl (C=O) groups is 2. The number of hydrogen-bond donors (Lipinski definition) is 0. The number of Topliss-reactive ketones (excluding diaryl/α,β-unsaturated/α-hetero) is 1. The Morgan fingerprint density at radius 2 is 1.38 bits per heavy atom. The second kappa shape index (κ2) is 8.31. The summed E-state index contributed by atoms with van der Waals surface area (Å²) in [6.45, 7) is -0.346. The van der Waals surface area contributed by atoms with Crippen LogP contribution in [0.3, 0.4) is 0 Å². The van der Waals surface area contributed by atoms with Crippen molar-refractivity contribution < 1.29 is 23.2 Å². The minimum absolute atomic E-state index is 0.267. The molecule has 0 saturated carbocycles. The van der Waals surface area contributed by atoms with Crippen molar-refractivity contribution in [2.45, 2.75) is 0 Å². The normalized spacial score (nSPS) is 10.9. The molecule has 7 heteroatoms. The summed E-state index contributed by atoms with van der Waals surface area (Å²) in [6.07, 6.45) is 3.10. The minimum Gasteiger partial charge on any atom is -0.463 e. The van der Waals surface area contributed by atoms with Gasteiger partial charge in [-0.2, -0.15) is 0 Å². The number of furan rings is 2. The molecular formula is C25H16N2O5. The van der Waals surface area contributed by atoms with Gasteiger partial charge in [-0.05, 0) is 42.5 Å². The highest BCUT2D eigenvalue weighted by atomic mass is 16.5. The standard InChI is InChI=1S/C25H16N2O5/c28-20(16-6-2-1-3-7-16)15-32-25(29)17-10-11-18-19(14-17)27-24(22-9-5-13-31-22)23(26-18)21-8-4-12-30-21/h1-14H,15H2. The van der Waals surface area contributed by atoms with Crippen LogP contribution in [0.15, 0.2) is 94.2 Å². The van der Waals surface area contributed by atoms with Crippen molar-refractivity contribution in [2.24, 2.45) is 0 Å². The molecule has 32 heavy (non-hydrogen) atoms. The molecule has 0 aliphatic carbocycles. The molecule has 0 saturated heterocycles. The fourth-order valence-electron chi connectivity index (χ4n) is 3.27. The topological polar surface area (TPSA) is 95.4 Å². The molecule has 3 heterocycles. The van der Waals surface area contributed by atoms with Crippen LogP contribution in [0.25, 0.3) is 33.9 Å². The SMILES string of the molecule is O=C(COC(=O)c1ccc2nc(-c3ccco3)c(-c3ccco3)nc2c1)c1ccccc1. The van der Waals surface area contributed by atoms with Crippen LogP contribution in [-0.4, -0.2) is 28.3 Å². The van der Waals surface area contributed by atoms with E-state index < -0.39 is 5.97 Å². The number of hydrogen-bond acceptors (Lipinski definition) is 7. The molecule has 3 aromatic heterocycles. The van der Waals surface area contributed by atoms with Crippen LogP contribution in [0.5, 0.6) is 0 Å². The zero-order valence-electron chi connectivity index (χ0n) is 16.7. The zero-order chi connectivity index (χ0) is 21.9. The molecule has 0 amide bonds. The van der Waals surface area contributed by atoms with Gasteiger partial charge in [-0.15, -0.1) is 0 Å². The average Bonchev–Trinajstić information content (AvgIpc) is 3.56. The third kappa shape index (κ3) is 3.79. The molecule has 0 radical (unpaired) electrons. The third-order valence-electron chi connectivity index (χ3n) is 4.84. The lowest BCUT2D eigenvalue weighted by Crippen LogP contribution is -2.14. The molecule has 156 valence electrons. The van der Waals surface area contributed by atoms with Gasteiger partial charge >= 0.3 is 5.97 Å². The van der Waals surface area contributed by atoms with E-state index in [-0.39, 0.29) is 18.0 Å². The lowest BCUT2D eigenvalue weighted by Gasteiger charge is -2.08. The summed E-state index contributed by atoms with van der Waals surface area (Å²) in [5.41, 5.74) is 2.82. The Morgan fingerprint density at radius 3 is 2.00 bits per heavy atom. The second-order valence-corrected chi connectivity index (χ2v) is 6.94. The summed E-state index contributed by atoms with van der Waals surface area (Å²) < 4.78 is 16.2. The maximum Gasteiger partial charge on any atom is 0.338 e. The highest BCUT2D eigenvalue weighted by molar-refractivity contribution is 6.00. The highest BCUT2D eigenvalue weighted by Gasteiger charge is 2.19. The molecule has 0 aliphatic rings. The van der Waals surface area contributed by atoms with E-state index in [1.54, 1.807) is 79.3 Å². The Morgan fingerprint density at radius 1 is 0.719 bits per heavy atom. The number of fused-ring (bicyclic) bond motifs is 1. The molecule has 5 aromatic rings. The monoisotopic (exact) mass is 424 g/mol. The molecule has 0 N–H and O–H groups in total. The fraction of sp³-hybridized carbons (Fsp3) is 0.0400. The minimum atomic E-state index is -0.618. The Labute approximate surface area is 182 Å². The maximum atomic E-state index is 12.5. The van der Waals surface area contributed by atoms with Gasteiger partial charge in [0.2, 0.25) is 0 Å². The maximum absolute atomic E-state index is 12.5. The predicted molar refractivity (Wildman–Crippen MR) is 116 cm³/mol.